The highest BCUT2D eigenvalue weighted by Gasteiger charge is 2.40. The van der Waals surface area contributed by atoms with Crippen LogP contribution in [0.4, 0.5) is 4.79 Å². The van der Waals surface area contributed by atoms with E-state index in [1.165, 1.54) is 0 Å². The number of nitrogens with one attached hydrogen (secondary N) is 1. The van der Waals surface area contributed by atoms with Crippen molar-refractivity contribution in [3.05, 3.63) is 0 Å². The van der Waals surface area contributed by atoms with Crippen molar-refractivity contribution in [1.82, 2.24) is 5.32 Å². The van der Waals surface area contributed by atoms with Crippen LogP contribution in [0.25, 0.3) is 0 Å². The lowest BCUT2D eigenvalue weighted by atomic mass is 9.90. The van der Waals surface area contributed by atoms with Crippen LogP contribution in [-0.4, -0.2) is 31.1 Å². The predicted molar refractivity (Wildman–Crippen MR) is 49.6 cm³/mol. The van der Waals surface area contributed by atoms with Gasteiger partial charge in [0.25, 0.3) is 0 Å². The minimum Gasteiger partial charge on any atom is -0.352 e. The predicted octanol–water partition coefficient (Wildman–Crippen LogP) is 0.340. The van der Waals surface area contributed by atoms with Gasteiger partial charge in [-0.2, -0.15) is 0 Å². The summed E-state index contributed by atoms with van der Waals surface area (Å²) >= 11 is 0. The van der Waals surface area contributed by atoms with Gasteiger partial charge in [0.15, 0.2) is 5.79 Å². The van der Waals surface area contributed by atoms with Gasteiger partial charge in [0, 0.05) is 18.9 Å². The molecule has 0 bridgehead atoms. The van der Waals surface area contributed by atoms with Crippen LogP contribution >= 0.6 is 0 Å². The van der Waals surface area contributed by atoms with Gasteiger partial charge in [-0.15, -0.1) is 0 Å². The Morgan fingerprint density at radius 2 is 1.86 bits per heavy atom. The summed E-state index contributed by atoms with van der Waals surface area (Å²) < 4.78 is 11.1. The summed E-state index contributed by atoms with van der Waals surface area (Å²) in [6.45, 7) is 1.38. The fourth-order valence-corrected chi connectivity index (χ4v) is 2.19. The molecule has 1 saturated heterocycles. The second-order valence-electron chi connectivity index (χ2n) is 3.89. The van der Waals surface area contributed by atoms with E-state index in [0.717, 1.165) is 25.7 Å². The molecule has 5 heteroatoms. The largest absolute Gasteiger partial charge is 0.352 e. The molecule has 1 heterocycles. The van der Waals surface area contributed by atoms with E-state index >= 15 is 0 Å². The van der Waals surface area contributed by atoms with Gasteiger partial charge in [0.05, 0.1) is 13.2 Å². The van der Waals surface area contributed by atoms with Crippen LogP contribution in [0.3, 0.4) is 0 Å². The molecule has 1 spiro atoms. The van der Waals surface area contributed by atoms with Gasteiger partial charge in [-0.3, -0.25) is 0 Å². The number of hydrogen-bond donors (Lipinski definition) is 2. The van der Waals surface area contributed by atoms with Crippen molar-refractivity contribution in [2.24, 2.45) is 5.73 Å². The number of carbonyl (C=O) groups is 1. The molecule has 0 aromatic rings. The summed E-state index contributed by atoms with van der Waals surface area (Å²) in [5, 5.41) is 2.72. The fraction of sp³-hybridized carbons (Fsp3) is 0.889. The van der Waals surface area contributed by atoms with Crippen molar-refractivity contribution in [1.29, 1.82) is 0 Å². The molecule has 1 aliphatic heterocycles. The Bertz CT molecular complexity index is 216. The summed E-state index contributed by atoms with van der Waals surface area (Å²) in [5.41, 5.74) is 5.06. The Hall–Kier alpha value is -0.810. The van der Waals surface area contributed by atoms with Crippen LogP contribution in [0.5, 0.6) is 0 Å². The summed E-state index contributed by atoms with van der Waals surface area (Å²) in [7, 11) is 0. The van der Waals surface area contributed by atoms with E-state index in [9.17, 15) is 4.79 Å². The average molecular weight is 200 g/mol. The summed E-state index contributed by atoms with van der Waals surface area (Å²) in [6, 6.07) is -0.259. The number of ether oxygens (including phenoxy) is 2. The quantitative estimate of drug-likeness (QED) is 0.641. The van der Waals surface area contributed by atoms with Crippen molar-refractivity contribution in [2.75, 3.05) is 13.2 Å². The fourth-order valence-electron chi connectivity index (χ4n) is 2.19. The molecule has 2 rings (SSSR count). The van der Waals surface area contributed by atoms with E-state index in [2.05, 4.69) is 5.32 Å². The lowest BCUT2D eigenvalue weighted by Crippen LogP contribution is -2.45. The molecule has 2 amide bonds. The van der Waals surface area contributed by atoms with Crippen LogP contribution < -0.4 is 11.1 Å². The van der Waals surface area contributed by atoms with Crippen LogP contribution in [0.2, 0.25) is 0 Å². The zero-order valence-electron chi connectivity index (χ0n) is 8.12. The normalized spacial score (nSPS) is 26.6. The number of primary amides is 1. The first-order valence-electron chi connectivity index (χ1n) is 5.04. The zero-order chi connectivity index (χ0) is 10.0. The summed E-state index contributed by atoms with van der Waals surface area (Å²) in [4.78, 5) is 10.6. The lowest BCUT2D eigenvalue weighted by molar-refractivity contribution is -0.179. The number of urea groups is 1. The van der Waals surface area contributed by atoms with Gasteiger partial charge in [-0.05, 0) is 12.8 Å². The Balaban J connectivity index is 1.82. The first-order valence-corrected chi connectivity index (χ1v) is 5.04. The molecule has 0 aromatic heterocycles. The third-order valence-electron chi connectivity index (χ3n) is 2.91. The Morgan fingerprint density at radius 3 is 2.36 bits per heavy atom. The minimum atomic E-state index is -0.445. The second kappa shape index (κ2) is 3.74. The highest BCUT2D eigenvalue weighted by Crippen LogP contribution is 2.35. The SMILES string of the molecule is NC(=O)NC1CCC2(CC1)OCCO2. The van der Waals surface area contributed by atoms with E-state index in [1.54, 1.807) is 0 Å². The minimum absolute atomic E-state index is 0.186. The Morgan fingerprint density at radius 1 is 1.29 bits per heavy atom. The van der Waals surface area contributed by atoms with Gasteiger partial charge in [-0.1, -0.05) is 0 Å². The Kier molecular flexibility index (Phi) is 2.60. The molecular formula is C9H16N2O3. The molecule has 1 aliphatic carbocycles. The van der Waals surface area contributed by atoms with Gasteiger partial charge < -0.3 is 20.5 Å². The monoisotopic (exact) mass is 200 g/mol. The van der Waals surface area contributed by atoms with Gasteiger partial charge in [-0.25, -0.2) is 4.79 Å². The number of hydrogen-bond acceptors (Lipinski definition) is 3. The van der Waals surface area contributed by atoms with Crippen molar-refractivity contribution in [3.63, 3.8) is 0 Å². The maximum Gasteiger partial charge on any atom is 0.312 e. The lowest BCUT2D eigenvalue weighted by Gasteiger charge is -2.35. The van der Waals surface area contributed by atoms with Crippen molar-refractivity contribution in [2.45, 2.75) is 37.5 Å². The van der Waals surface area contributed by atoms with E-state index in [0.29, 0.717) is 13.2 Å². The highest BCUT2D eigenvalue weighted by atomic mass is 16.7. The molecule has 0 atom stereocenters. The van der Waals surface area contributed by atoms with Gasteiger partial charge in [0.2, 0.25) is 0 Å². The van der Waals surface area contributed by atoms with E-state index in [1.807, 2.05) is 0 Å². The third-order valence-corrected chi connectivity index (χ3v) is 2.91. The van der Waals surface area contributed by atoms with Crippen molar-refractivity contribution < 1.29 is 14.3 Å². The average Bonchev–Trinajstić information content (AvgIpc) is 2.58. The van der Waals surface area contributed by atoms with Crippen molar-refractivity contribution >= 4 is 6.03 Å². The third kappa shape index (κ3) is 1.99. The standard InChI is InChI=1S/C9H16N2O3/c10-8(12)11-7-1-3-9(4-2-7)13-5-6-14-9/h7H,1-6H2,(H3,10,11,12). The van der Waals surface area contributed by atoms with Gasteiger partial charge >= 0.3 is 6.03 Å². The topological polar surface area (TPSA) is 73.6 Å². The van der Waals surface area contributed by atoms with Crippen LogP contribution in [-0.2, 0) is 9.47 Å². The first-order chi connectivity index (χ1) is 6.70. The van der Waals surface area contributed by atoms with Gasteiger partial charge in [0.1, 0.15) is 0 Å². The van der Waals surface area contributed by atoms with E-state index in [4.69, 9.17) is 15.2 Å². The maximum atomic E-state index is 10.6. The molecule has 0 unspecified atom stereocenters. The summed E-state index contributed by atoms with van der Waals surface area (Å²) in [5.74, 6) is -0.351. The van der Waals surface area contributed by atoms with E-state index in [-0.39, 0.29) is 11.8 Å². The molecule has 2 aliphatic rings. The number of rotatable bonds is 1. The highest BCUT2D eigenvalue weighted by molar-refractivity contribution is 5.71. The number of amides is 2. The van der Waals surface area contributed by atoms with Crippen LogP contribution in [0.15, 0.2) is 0 Å². The van der Waals surface area contributed by atoms with Crippen molar-refractivity contribution in [3.8, 4) is 0 Å². The molecule has 0 radical (unpaired) electrons. The number of carbonyl (C=O) groups excluding carboxylic acids is 1. The Labute approximate surface area is 82.9 Å². The molecule has 5 nitrogen and oxygen atoms in total. The molecule has 14 heavy (non-hydrogen) atoms. The molecule has 0 aromatic carbocycles. The second-order valence-corrected chi connectivity index (χ2v) is 3.89. The molecular weight excluding hydrogens is 184 g/mol. The zero-order valence-corrected chi connectivity index (χ0v) is 8.12. The molecule has 2 fully saturated rings. The van der Waals surface area contributed by atoms with E-state index < -0.39 is 6.03 Å². The molecule has 1 saturated carbocycles. The maximum absolute atomic E-state index is 10.6. The van der Waals surface area contributed by atoms with Crippen LogP contribution in [0.1, 0.15) is 25.7 Å². The number of nitrogens with two attached hydrogens (primary N) is 1. The summed E-state index contributed by atoms with van der Waals surface area (Å²) in [6.07, 6.45) is 3.45. The molecule has 80 valence electrons. The molecule has 3 N–H and O–H groups in total. The smallest absolute Gasteiger partial charge is 0.312 e. The van der Waals surface area contributed by atoms with Crippen LogP contribution in [0, 0.1) is 0 Å². The first kappa shape index (κ1) is 9.73.